The number of ether oxygens (including phenoxy) is 1. The molecular formula is C16H19N3O4S. The first kappa shape index (κ1) is 16.7. The van der Waals surface area contributed by atoms with Crippen LogP contribution in [0.4, 0.5) is 0 Å². The van der Waals surface area contributed by atoms with E-state index in [0.29, 0.717) is 25.5 Å². The monoisotopic (exact) mass is 349 g/mol. The molecule has 0 spiro atoms. The van der Waals surface area contributed by atoms with Crippen LogP contribution in [0.2, 0.25) is 0 Å². The summed E-state index contributed by atoms with van der Waals surface area (Å²) in [4.78, 5) is 31.1. The third-order valence-corrected chi connectivity index (χ3v) is 4.90. The molecule has 1 amide bonds. The number of nitrogens with one attached hydrogen (secondary N) is 1. The maximum atomic E-state index is 12.4. The summed E-state index contributed by atoms with van der Waals surface area (Å²) in [7, 11) is 0. The van der Waals surface area contributed by atoms with Crippen LogP contribution in [0, 0.1) is 6.92 Å². The normalized spacial score (nSPS) is 15.8. The molecule has 128 valence electrons. The largest absolute Gasteiger partial charge is 0.501 e. The van der Waals surface area contributed by atoms with Crippen molar-refractivity contribution in [1.82, 2.24) is 14.9 Å². The van der Waals surface area contributed by atoms with E-state index in [-0.39, 0.29) is 5.69 Å². The summed E-state index contributed by atoms with van der Waals surface area (Å²) in [6.45, 7) is 6.50. The van der Waals surface area contributed by atoms with Gasteiger partial charge in [-0.15, -0.1) is 11.3 Å². The Morgan fingerprint density at radius 1 is 1.50 bits per heavy atom. The summed E-state index contributed by atoms with van der Waals surface area (Å²) in [6, 6.07) is 3.89. The highest BCUT2D eigenvalue weighted by molar-refractivity contribution is 7.11. The molecule has 0 aromatic carbocycles. The van der Waals surface area contributed by atoms with Crippen molar-refractivity contribution in [2.75, 3.05) is 6.61 Å². The number of aromatic nitrogens is 2. The molecule has 0 saturated carbocycles. The van der Waals surface area contributed by atoms with Crippen LogP contribution in [-0.2, 0) is 23.4 Å². The number of fused-ring (bicyclic) bond motifs is 1. The zero-order valence-corrected chi connectivity index (χ0v) is 14.6. The van der Waals surface area contributed by atoms with E-state index in [1.807, 2.05) is 19.1 Å². The number of hydrogen-bond acceptors (Lipinski definition) is 6. The fraction of sp³-hybridized carbons (Fsp3) is 0.438. The zero-order valence-electron chi connectivity index (χ0n) is 13.8. The first-order valence-corrected chi connectivity index (χ1v) is 8.43. The fourth-order valence-corrected chi connectivity index (χ4v) is 3.49. The summed E-state index contributed by atoms with van der Waals surface area (Å²) in [5, 5.41) is 12.8. The van der Waals surface area contributed by atoms with Crippen molar-refractivity contribution in [3.05, 3.63) is 43.8 Å². The number of aromatic hydroxyl groups is 1. The molecule has 0 atom stereocenters. The van der Waals surface area contributed by atoms with E-state index in [2.05, 4.69) is 10.3 Å². The summed E-state index contributed by atoms with van der Waals surface area (Å²) >= 11 is 1.57. The first-order valence-electron chi connectivity index (χ1n) is 7.61. The maximum absolute atomic E-state index is 12.4. The van der Waals surface area contributed by atoms with Crippen molar-refractivity contribution in [2.24, 2.45) is 0 Å². The number of carbonyl (C=O) groups is 1. The van der Waals surface area contributed by atoms with Crippen LogP contribution in [0.15, 0.2) is 16.9 Å². The van der Waals surface area contributed by atoms with Gasteiger partial charge in [-0.1, -0.05) is 0 Å². The van der Waals surface area contributed by atoms with E-state index in [9.17, 15) is 14.7 Å². The topological polar surface area (TPSA) is 93.5 Å². The van der Waals surface area contributed by atoms with Crippen LogP contribution in [0.5, 0.6) is 5.75 Å². The molecule has 2 aromatic rings. The molecule has 7 nitrogen and oxygen atoms in total. The van der Waals surface area contributed by atoms with E-state index < -0.39 is 22.8 Å². The smallest absolute Gasteiger partial charge is 0.296 e. The van der Waals surface area contributed by atoms with E-state index >= 15 is 0 Å². The molecule has 2 aromatic heterocycles. The van der Waals surface area contributed by atoms with Gasteiger partial charge in [0.2, 0.25) is 5.75 Å². The third-order valence-electron chi connectivity index (χ3n) is 3.90. The number of carbonyl (C=O) groups excluding carboxylic acids is 1. The predicted molar refractivity (Wildman–Crippen MR) is 89.4 cm³/mol. The summed E-state index contributed by atoms with van der Waals surface area (Å²) in [6.07, 6.45) is 0. The van der Waals surface area contributed by atoms with Gasteiger partial charge in [0, 0.05) is 9.75 Å². The molecule has 24 heavy (non-hydrogen) atoms. The Balaban J connectivity index is 1.91. The van der Waals surface area contributed by atoms with Crippen molar-refractivity contribution >= 4 is 17.2 Å². The van der Waals surface area contributed by atoms with Crippen LogP contribution < -0.4 is 10.9 Å². The first-order chi connectivity index (χ1) is 11.3. The highest BCUT2D eigenvalue weighted by atomic mass is 32.1. The maximum Gasteiger partial charge on any atom is 0.296 e. The Labute approximate surface area is 142 Å². The van der Waals surface area contributed by atoms with Crippen molar-refractivity contribution in [2.45, 2.75) is 39.5 Å². The van der Waals surface area contributed by atoms with E-state index in [1.54, 1.807) is 25.2 Å². The standard InChI is InChI=1S/C16H19N3O4S/c1-9-4-5-10(24-9)8-17-13(21)11-12(20)14(22)19-6-7-23-16(2,3)15(19)18-11/h4-5,20H,6-8H2,1-3H3,(H,17,21). The molecule has 0 saturated heterocycles. The molecule has 0 fully saturated rings. The van der Waals surface area contributed by atoms with E-state index in [1.165, 1.54) is 4.57 Å². The van der Waals surface area contributed by atoms with Crippen molar-refractivity contribution in [1.29, 1.82) is 0 Å². The Morgan fingerprint density at radius 3 is 2.92 bits per heavy atom. The lowest BCUT2D eigenvalue weighted by Crippen LogP contribution is -2.42. The van der Waals surface area contributed by atoms with Gasteiger partial charge in [0.1, 0.15) is 11.4 Å². The molecule has 0 radical (unpaired) electrons. The minimum Gasteiger partial charge on any atom is -0.501 e. The molecular weight excluding hydrogens is 330 g/mol. The second kappa shape index (κ2) is 6.03. The molecule has 3 rings (SSSR count). The molecule has 0 bridgehead atoms. The zero-order chi connectivity index (χ0) is 17.5. The number of thiophene rings is 1. The molecule has 2 N–H and O–H groups in total. The number of amides is 1. The summed E-state index contributed by atoms with van der Waals surface area (Å²) in [5.41, 5.74) is -1.68. The second-order valence-corrected chi connectivity index (χ2v) is 7.52. The SMILES string of the molecule is Cc1ccc(CNC(=O)c2nc3n(c(=O)c2O)CCOC3(C)C)s1. The molecule has 0 aliphatic carbocycles. The average molecular weight is 349 g/mol. The van der Waals surface area contributed by atoms with Crippen LogP contribution in [0.1, 0.15) is 39.9 Å². The number of rotatable bonds is 3. The number of hydrogen-bond donors (Lipinski definition) is 2. The van der Waals surface area contributed by atoms with Gasteiger partial charge < -0.3 is 15.2 Å². The van der Waals surface area contributed by atoms with Gasteiger partial charge in [-0.05, 0) is 32.9 Å². The minimum atomic E-state index is -0.801. The van der Waals surface area contributed by atoms with Gasteiger partial charge in [-0.3, -0.25) is 14.2 Å². The highest BCUT2D eigenvalue weighted by Gasteiger charge is 2.34. The van der Waals surface area contributed by atoms with Gasteiger partial charge in [0.05, 0.1) is 19.7 Å². The van der Waals surface area contributed by atoms with Crippen molar-refractivity contribution in [3.63, 3.8) is 0 Å². The van der Waals surface area contributed by atoms with Gasteiger partial charge in [-0.2, -0.15) is 0 Å². The molecule has 0 unspecified atom stereocenters. The van der Waals surface area contributed by atoms with Gasteiger partial charge in [0.25, 0.3) is 11.5 Å². The quantitative estimate of drug-likeness (QED) is 0.876. The Hall–Kier alpha value is -2.19. The second-order valence-electron chi connectivity index (χ2n) is 6.14. The molecule has 1 aliphatic rings. The van der Waals surface area contributed by atoms with E-state index in [0.717, 1.165) is 9.75 Å². The number of aryl methyl sites for hydroxylation is 1. The molecule has 8 heteroatoms. The predicted octanol–water partition coefficient (Wildman–Crippen LogP) is 1.51. The van der Waals surface area contributed by atoms with Crippen LogP contribution in [-0.4, -0.2) is 27.2 Å². The fourth-order valence-electron chi connectivity index (χ4n) is 2.66. The van der Waals surface area contributed by atoms with Crippen LogP contribution in [0.25, 0.3) is 0 Å². The van der Waals surface area contributed by atoms with Gasteiger partial charge in [-0.25, -0.2) is 4.98 Å². The van der Waals surface area contributed by atoms with E-state index in [4.69, 9.17) is 4.74 Å². The van der Waals surface area contributed by atoms with Gasteiger partial charge in [0.15, 0.2) is 5.69 Å². The summed E-state index contributed by atoms with van der Waals surface area (Å²) in [5.74, 6) is -0.870. The minimum absolute atomic E-state index is 0.266. The third kappa shape index (κ3) is 2.94. The Bertz CT molecular complexity index is 853. The van der Waals surface area contributed by atoms with Crippen molar-refractivity contribution < 1.29 is 14.6 Å². The van der Waals surface area contributed by atoms with Crippen molar-refractivity contribution in [3.8, 4) is 5.75 Å². The lowest BCUT2D eigenvalue weighted by atomic mass is 10.1. The number of nitrogens with zero attached hydrogens (tertiary/aromatic N) is 2. The lowest BCUT2D eigenvalue weighted by Gasteiger charge is -2.32. The average Bonchev–Trinajstić information content (AvgIpc) is 2.94. The molecule has 3 heterocycles. The Kier molecular flexibility index (Phi) is 4.18. The molecule has 1 aliphatic heterocycles. The van der Waals surface area contributed by atoms with Gasteiger partial charge >= 0.3 is 0 Å². The summed E-state index contributed by atoms with van der Waals surface area (Å²) < 4.78 is 6.98. The lowest BCUT2D eigenvalue weighted by molar-refractivity contribution is -0.0566. The van der Waals surface area contributed by atoms with Crippen LogP contribution in [0.3, 0.4) is 0 Å². The highest BCUT2D eigenvalue weighted by Crippen LogP contribution is 2.27. The van der Waals surface area contributed by atoms with Crippen LogP contribution >= 0.6 is 11.3 Å². The Morgan fingerprint density at radius 2 is 2.25 bits per heavy atom.